The summed E-state index contributed by atoms with van der Waals surface area (Å²) in [6, 6.07) is 7.89. The summed E-state index contributed by atoms with van der Waals surface area (Å²) in [6.07, 6.45) is 3.69. The molecular formula is C16H16N2O4S2. The molecule has 1 N–H and O–H groups in total. The van der Waals surface area contributed by atoms with E-state index in [1.165, 1.54) is 12.1 Å². The molecule has 0 saturated heterocycles. The van der Waals surface area contributed by atoms with Crippen molar-refractivity contribution in [2.75, 3.05) is 4.72 Å². The molecule has 2 aromatic rings. The molecule has 0 radical (unpaired) electrons. The molecular weight excluding hydrogens is 348 g/mol. The van der Waals surface area contributed by atoms with Crippen molar-refractivity contribution >= 4 is 25.5 Å². The molecule has 1 aliphatic carbocycles. The molecule has 0 bridgehead atoms. The van der Waals surface area contributed by atoms with Crippen molar-refractivity contribution in [2.45, 2.75) is 35.2 Å². The second-order valence-electron chi connectivity index (χ2n) is 6.28. The smallest absolute Gasteiger partial charge is 0.261 e. The molecule has 1 aromatic heterocycles. The van der Waals surface area contributed by atoms with Gasteiger partial charge in [-0.15, -0.1) is 0 Å². The Morgan fingerprint density at radius 2 is 1.83 bits per heavy atom. The van der Waals surface area contributed by atoms with Crippen molar-refractivity contribution in [1.82, 2.24) is 4.98 Å². The molecule has 2 heterocycles. The van der Waals surface area contributed by atoms with Crippen molar-refractivity contribution in [3.05, 3.63) is 53.3 Å². The Hall–Kier alpha value is -1.93. The van der Waals surface area contributed by atoms with Gasteiger partial charge < -0.3 is 0 Å². The first-order chi connectivity index (χ1) is 11.3. The van der Waals surface area contributed by atoms with E-state index in [1.54, 1.807) is 24.4 Å². The lowest BCUT2D eigenvalue weighted by Gasteiger charge is -2.12. The summed E-state index contributed by atoms with van der Waals surface area (Å²) in [5.41, 5.74) is 2.50. The maximum Gasteiger partial charge on any atom is 0.261 e. The summed E-state index contributed by atoms with van der Waals surface area (Å²) in [6.45, 7) is 0. The number of hydrogen-bond acceptors (Lipinski definition) is 5. The Morgan fingerprint density at radius 3 is 2.58 bits per heavy atom. The van der Waals surface area contributed by atoms with Gasteiger partial charge in [-0.25, -0.2) is 16.8 Å². The Labute approximate surface area is 140 Å². The van der Waals surface area contributed by atoms with Gasteiger partial charge in [0.05, 0.1) is 27.8 Å². The van der Waals surface area contributed by atoms with E-state index in [0.717, 1.165) is 18.5 Å². The average molecular weight is 364 g/mol. The predicted molar refractivity (Wildman–Crippen MR) is 89.8 cm³/mol. The molecule has 2 aliphatic rings. The Bertz CT molecular complexity index is 1030. The second kappa shape index (κ2) is 5.29. The fourth-order valence-electron chi connectivity index (χ4n) is 2.96. The zero-order valence-corrected chi connectivity index (χ0v) is 14.4. The number of fused-ring (bicyclic) bond motifs is 1. The normalized spacial score (nSPS) is 19.0. The van der Waals surface area contributed by atoms with Crippen LogP contribution in [0.3, 0.4) is 0 Å². The number of sulfonamides is 1. The van der Waals surface area contributed by atoms with E-state index in [1.807, 2.05) is 0 Å². The minimum Gasteiger partial charge on any atom is -0.278 e. The fourth-order valence-corrected chi connectivity index (χ4v) is 5.68. The number of hydrogen-bond donors (Lipinski definition) is 1. The molecule has 1 fully saturated rings. The third kappa shape index (κ3) is 2.91. The van der Waals surface area contributed by atoms with Crippen molar-refractivity contribution in [3.8, 4) is 0 Å². The highest BCUT2D eigenvalue weighted by Gasteiger charge is 2.30. The van der Waals surface area contributed by atoms with Crippen LogP contribution in [0.4, 0.5) is 5.69 Å². The topological polar surface area (TPSA) is 93.2 Å². The third-order valence-electron chi connectivity index (χ3n) is 4.29. The van der Waals surface area contributed by atoms with Crippen LogP contribution in [0.25, 0.3) is 0 Å². The molecule has 0 amide bonds. The van der Waals surface area contributed by atoms with Crippen molar-refractivity contribution in [3.63, 3.8) is 0 Å². The van der Waals surface area contributed by atoms with Crippen LogP contribution in [0.5, 0.6) is 0 Å². The highest BCUT2D eigenvalue weighted by Crippen LogP contribution is 2.42. The lowest BCUT2D eigenvalue weighted by atomic mass is 10.1. The zero-order valence-electron chi connectivity index (χ0n) is 12.8. The highest BCUT2D eigenvalue weighted by atomic mass is 32.2. The van der Waals surface area contributed by atoms with Gasteiger partial charge in [0.25, 0.3) is 10.0 Å². The Balaban J connectivity index is 1.67. The van der Waals surface area contributed by atoms with E-state index in [-0.39, 0.29) is 16.4 Å². The lowest BCUT2D eigenvalue weighted by molar-refractivity contribution is 0.596. The summed E-state index contributed by atoms with van der Waals surface area (Å²) in [4.78, 5) is 4.36. The first-order valence-electron chi connectivity index (χ1n) is 7.64. The summed E-state index contributed by atoms with van der Waals surface area (Å²) in [7, 11) is -6.95. The van der Waals surface area contributed by atoms with E-state index >= 15 is 0 Å². The van der Waals surface area contributed by atoms with Crippen molar-refractivity contribution in [2.24, 2.45) is 0 Å². The van der Waals surface area contributed by atoms with Crippen LogP contribution < -0.4 is 4.72 Å². The maximum atomic E-state index is 12.7. The standard InChI is InChI=1S/C16H16N2O4S2/c19-23(20)9-12-5-6-14(8-13(12)10-23)24(21,22)18-15-2-1-7-17-16(15)11-3-4-11/h1-2,5-8,11,18H,3-4,9-10H2. The molecule has 126 valence electrons. The largest absolute Gasteiger partial charge is 0.278 e. The monoisotopic (exact) mass is 364 g/mol. The van der Waals surface area contributed by atoms with Gasteiger partial charge in [0.1, 0.15) is 0 Å². The van der Waals surface area contributed by atoms with E-state index in [4.69, 9.17) is 0 Å². The Kier molecular flexibility index (Phi) is 3.43. The summed E-state index contributed by atoms with van der Waals surface area (Å²) in [5.74, 6) is 0.185. The van der Waals surface area contributed by atoms with Gasteiger partial charge in [0.15, 0.2) is 9.84 Å². The van der Waals surface area contributed by atoms with Crippen molar-refractivity contribution in [1.29, 1.82) is 0 Å². The first-order valence-corrected chi connectivity index (χ1v) is 10.9. The second-order valence-corrected chi connectivity index (χ2v) is 10.0. The van der Waals surface area contributed by atoms with Crippen LogP contribution in [0, 0.1) is 0 Å². The van der Waals surface area contributed by atoms with Gasteiger partial charge in [0, 0.05) is 12.1 Å². The minimum atomic E-state index is -3.79. The van der Waals surface area contributed by atoms with Gasteiger partial charge in [0.2, 0.25) is 0 Å². The SMILES string of the molecule is O=S1(=O)Cc2ccc(S(=O)(=O)Nc3cccnc3C3CC3)cc2C1. The quantitative estimate of drug-likeness (QED) is 0.897. The highest BCUT2D eigenvalue weighted by molar-refractivity contribution is 7.92. The molecule has 0 unspecified atom stereocenters. The van der Waals surface area contributed by atoms with E-state index in [9.17, 15) is 16.8 Å². The van der Waals surface area contributed by atoms with E-state index in [0.29, 0.717) is 22.7 Å². The number of pyridine rings is 1. The van der Waals surface area contributed by atoms with Crippen LogP contribution in [-0.4, -0.2) is 21.8 Å². The molecule has 1 aliphatic heterocycles. The van der Waals surface area contributed by atoms with Crippen LogP contribution in [-0.2, 0) is 31.4 Å². The number of anilines is 1. The molecule has 0 spiro atoms. The third-order valence-corrected chi connectivity index (χ3v) is 7.15. The molecule has 1 aromatic carbocycles. The molecule has 8 heteroatoms. The van der Waals surface area contributed by atoms with Crippen LogP contribution in [0.15, 0.2) is 41.4 Å². The number of aromatic nitrogens is 1. The number of sulfone groups is 1. The lowest BCUT2D eigenvalue weighted by Crippen LogP contribution is -2.15. The van der Waals surface area contributed by atoms with Crippen LogP contribution in [0.2, 0.25) is 0 Å². The summed E-state index contributed by atoms with van der Waals surface area (Å²) >= 11 is 0. The average Bonchev–Trinajstić information content (AvgIpc) is 3.28. The van der Waals surface area contributed by atoms with E-state index < -0.39 is 19.9 Å². The fraction of sp³-hybridized carbons (Fsp3) is 0.312. The number of nitrogens with one attached hydrogen (secondary N) is 1. The molecule has 6 nitrogen and oxygen atoms in total. The van der Waals surface area contributed by atoms with Gasteiger partial charge in [-0.1, -0.05) is 6.07 Å². The minimum absolute atomic E-state index is 0.0233. The van der Waals surface area contributed by atoms with Crippen LogP contribution >= 0.6 is 0 Å². The summed E-state index contributed by atoms with van der Waals surface area (Å²) < 4.78 is 51.3. The first kappa shape index (κ1) is 15.6. The number of nitrogens with zero attached hydrogens (tertiary/aromatic N) is 1. The predicted octanol–water partition coefficient (Wildman–Crippen LogP) is 2.19. The van der Waals surface area contributed by atoms with Gasteiger partial charge in [-0.2, -0.15) is 0 Å². The van der Waals surface area contributed by atoms with Gasteiger partial charge in [-0.05, 0) is 48.2 Å². The van der Waals surface area contributed by atoms with Crippen molar-refractivity contribution < 1.29 is 16.8 Å². The molecule has 0 atom stereocenters. The number of benzene rings is 1. The Morgan fingerprint density at radius 1 is 1.08 bits per heavy atom. The molecule has 4 rings (SSSR count). The zero-order chi connectivity index (χ0) is 16.9. The molecule has 1 saturated carbocycles. The van der Waals surface area contributed by atoms with E-state index in [2.05, 4.69) is 9.71 Å². The van der Waals surface area contributed by atoms with Crippen LogP contribution in [0.1, 0.15) is 35.6 Å². The molecule has 24 heavy (non-hydrogen) atoms. The van der Waals surface area contributed by atoms with Gasteiger partial charge >= 0.3 is 0 Å². The van der Waals surface area contributed by atoms with Gasteiger partial charge in [-0.3, -0.25) is 9.71 Å². The summed E-state index contributed by atoms with van der Waals surface area (Å²) in [5, 5.41) is 0. The maximum absolute atomic E-state index is 12.7. The number of rotatable bonds is 4.